The van der Waals surface area contributed by atoms with Crippen LogP contribution in [0.2, 0.25) is 5.02 Å². The van der Waals surface area contributed by atoms with Crippen LogP contribution in [0.4, 0.5) is 5.69 Å². The van der Waals surface area contributed by atoms with E-state index in [9.17, 15) is 9.59 Å². The van der Waals surface area contributed by atoms with Gasteiger partial charge in [0.1, 0.15) is 0 Å². The van der Waals surface area contributed by atoms with E-state index in [0.717, 1.165) is 4.90 Å². The zero-order valence-corrected chi connectivity index (χ0v) is 9.77. The average Bonchev–Trinajstić information content (AvgIpc) is 2.51. The second kappa shape index (κ2) is 4.35. The van der Waals surface area contributed by atoms with Gasteiger partial charge in [0, 0.05) is 17.0 Å². The number of benzene rings is 1. The topological polar surface area (TPSA) is 72.2 Å². The summed E-state index contributed by atoms with van der Waals surface area (Å²) in [7, 11) is 0. The van der Waals surface area contributed by atoms with E-state index in [0.29, 0.717) is 10.7 Å². The minimum Gasteiger partial charge on any atom is -0.399 e. The molecule has 1 atom stereocenters. The Kier molecular flexibility index (Phi) is 3.07. The molecule has 1 aliphatic heterocycles. The molecule has 6 heteroatoms. The number of anilines is 1. The Labute approximate surface area is 102 Å². The van der Waals surface area contributed by atoms with Gasteiger partial charge in [0.2, 0.25) is 11.8 Å². The molecule has 1 fully saturated rings. The number of hydrogen-bond acceptors (Lipinski definition) is 4. The smallest absolute Gasteiger partial charge is 0.240 e. The first-order valence-electron chi connectivity index (χ1n) is 4.61. The van der Waals surface area contributed by atoms with Gasteiger partial charge in [0.15, 0.2) is 0 Å². The molecule has 0 aromatic heterocycles. The van der Waals surface area contributed by atoms with Gasteiger partial charge in [-0.25, -0.2) is 0 Å². The molecule has 16 heavy (non-hydrogen) atoms. The lowest BCUT2D eigenvalue weighted by atomic mass is 10.3. The van der Waals surface area contributed by atoms with Crippen LogP contribution < -0.4 is 11.1 Å². The molecule has 1 unspecified atom stereocenters. The number of carbonyl (C=O) groups excluding carboxylic acids is 2. The van der Waals surface area contributed by atoms with E-state index in [1.54, 1.807) is 18.2 Å². The number of nitrogens with one attached hydrogen (secondary N) is 1. The number of imide groups is 1. The summed E-state index contributed by atoms with van der Waals surface area (Å²) in [6.07, 6.45) is 0.189. The molecule has 0 saturated carbocycles. The van der Waals surface area contributed by atoms with Crippen molar-refractivity contribution in [2.24, 2.45) is 0 Å². The molecule has 0 spiro atoms. The first kappa shape index (κ1) is 11.3. The van der Waals surface area contributed by atoms with E-state index >= 15 is 0 Å². The SMILES string of the molecule is Nc1ccc(Cl)c(SC2CC(=O)NC2=O)c1. The number of halogens is 1. The zero-order chi connectivity index (χ0) is 11.7. The molecule has 1 saturated heterocycles. The molecule has 1 aliphatic rings. The van der Waals surface area contributed by atoms with Crippen LogP contribution in [-0.4, -0.2) is 17.1 Å². The highest BCUT2D eigenvalue weighted by Gasteiger charge is 2.31. The summed E-state index contributed by atoms with van der Waals surface area (Å²) in [4.78, 5) is 23.1. The Balaban J connectivity index is 2.18. The standard InChI is InChI=1S/C10H9ClN2O2S/c11-6-2-1-5(12)3-7(6)16-8-4-9(14)13-10(8)15/h1-3,8H,4,12H2,(H,13,14,15). The first-order chi connectivity index (χ1) is 7.56. The van der Waals surface area contributed by atoms with E-state index in [4.69, 9.17) is 17.3 Å². The summed E-state index contributed by atoms with van der Waals surface area (Å²) < 4.78 is 0. The maximum Gasteiger partial charge on any atom is 0.240 e. The summed E-state index contributed by atoms with van der Waals surface area (Å²) in [5.41, 5.74) is 6.20. The van der Waals surface area contributed by atoms with Crippen molar-refractivity contribution in [1.29, 1.82) is 0 Å². The number of carbonyl (C=O) groups is 2. The predicted molar refractivity (Wildman–Crippen MR) is 63.3 cm³/mol. The van der Waals surface area contributed by atoms with E-state index in [1.807, 2.05) is 0 Å². The summed E-state index contributed by atoms with van der Waals surface area (Å²) >= 11 is 7.22. The molecule has 2 amide bonds. The molecule has 84 valence electrons. The number of hydrogen-bond donors (Lipinski definition) is 2. The number of rotatable bonds is 2. The van der Waals surface area contributed by atoms with E-state index in [1.165, 1.54) is 11.8 Å². The quantitative estimate of drug-likeness (QED) is 0.620. The van der Waals surface area contributed by atoms with E-state index < -0.39 is 5.25 Å². The molecule has 1 aromatic carbocycles. The van der Waals surface area contributed by atoms with Gasteiger partial charge in [-0.2, -0.15) is 0 Å². The van der Waals surface area contributed by atoms with Gasteiger partial charge in [0.25, 0.3) is 0 Å². The second-order valence-corrected chi connectivity index (χ2v) is 5.06. The third-order valence-electron chi connectivity index (χ3n) is 2.15. The molecule has 1 aromatic rings. The minimum absolute atomic E-state index is 0.189. The third kappa shape index (κ3) is 2.31. The Hall–Kier alpha value is -1.20. The van der Waals surface area contributed by atoms with Crippen molar-refractivity contribution in [1.82, 2.24) is 5.32 Å². The summed E-state index contributed by atoms with van der Waals surface area (Å²) in [6, 6.07) is 5.06. The van der Waals surface area contributed by atoms with Crippen LogP contribution in [0.5, 0.6) is 0 Å². The molecular weight excluding hydrogens is 248 g/mol. The molecule has 0 bridgehead atoms. The Bertz CT molecular complexity index is 464. The highest BCUT2D eigenvalue weighted by atomic mass is 35.5. The van der Waals surface area contributed by atoms with Crippen LogP contribution in [0.3, 0.4) is 0 Å². The van der Waals surface area contributed by atoms with Crippen LogP contribution in [0.25, 0.3) is 0 Å². The third-order valence-corrected chi connectivity index (χ3v) is 3.85. The normalized spacial score (nSPS) is 19.9. The van der Waals surface area contributed by atoms with E-state index in [2.05, 4.69) is 5.32 Å². The van der Waals surface area contributed by atoms with Crippen molar-refractivity contribution < 1.29 is 9.59 Å². The molecule has 1 heterocycles. The van der Waals surface area contributed by atoms with Gasteiger partial charge < -0.3 is 5.73 Å². The highest BCUT2D eigenvalue weighted by molar-refractivity contribution is 8.00. The van der Waals surface area contributed by atoms with E-state index in [-0.39, 0.29) is 18.2 Å². The highest BCUT2D eigenvalue weighted by Crippen LogP contribution is 2.34. The van der Waals surface area contributed by atoms with Crippen molar-refractivity contribution in [3.05, 3.63) is 23.2 Å². The van der Waals surface area contributed by atoms with Crippen molar-refractivity contribution in [3.8, 4) is 0 Å². The van der Waals surface area contributed by atoms with Crippen LogP contribution >= 0.6 is 23.4 Å². The fourth-order valence-corrected chi connectivity index (χ4v) is 2.73. The van der Waals surface area contributed by atoms with Crippen LogP contribution in [0, 0.1) is 0 Å². The first-order valence-corrected chi connectivity index (χ1v) is 5.87. The van der Waals surface area contributed by atoms with Gasteiger partial charge in [-0.3, -0.25) is 14.9 Å². The monoisotopic (exact) mass is 256 g/mol. The lowest BCUT2D eigenvalue weighted by Gasteiger charge is -2.08. The maximum absolute atomic E-state index is 11.4. The molecule has 3 N–H and O–H groups in total. The summed E-state index contributed by atoms with van der Waals surface area (Å²) in [5, 5.41) is 2.37. The molecule has 0 radical (unpaired) electrons. The van der Waals surface area contributed by atoms with Gasteiger partial charge in [-0.1, -0.05) is 11.6 Å². The van der Waals surface area contributed by atoms with Crippen molar-refractivity contribution in [2.45, 2.75) is 16.6 Å². The van der Waals surface area contributed by atoms with Gasteiger partial charge in [-0.15, -0.1) is 11.8 Å². The maximum atomic E-state index is 11.4. The fraction of sp³-hybridized carbons (Fsp3) is 0.200. The Morgan fingerprint density at radius 3 is 2.81 bits per heavy atom. The molecule has 4 nitrogen and oxygen atoms in total. The predicted octanol–water partition coefficient (Wildman–Crippen LogP) is 1.43. The summed E-state index contributed by atoms with van der Waals surface area (Å²) in [5.74, 6) is -0.518. The minimum atomic E-state index is -0.410. The number of nitrogen functional groups attached to an aromatic ring is 1. The number of thioether (sulfide) groups is 1. The fourth-order valence-electron chi connectivity index (χ4n) is 1.39. The lowest BCUT2D eigenvalue weighted by molar-refractivity contribution is -0.124. The van der Waals surface area contributed by atoms with Crippen molar-refractivity contribution >= 4 is 40.9 Å². The molecule has 0 aliphatic carbocycles. The number of amides is 2. The summed E-state index contributed by atoms with van der Waals surface area (Å²) in [6.45, 7) is 0. The second-order valence-electron chi connectivity index (χ2n) is 3.41. The lowest BCUT2D eigenvalue weighted by Crippen LogP contribution is -2.23. The number of nitrogens with two attached hydrogens (primary N) is 1. The van der Waals surface area contributed by atoms with Crippen LogP contribution in [0.15, 0.2) is 23.1 Å². The van der Waals surface area contributed by atoms with Crippen molar-refractivity contribution in [2.75, 3.05) is 5.73 Å². The Morgan fingerprint density at radius 1 is 1.44 bits per heavy atom. The van der Waals surface area contributed by atoms with Crippen molar-refractivity contribution in [3.63, 3.8) is 0 Å². The average molecular weight is 257 g/mol. The van der Waals surface area contributed by atoms with Crippen LogP contribution in [-0.2, 0) is 9.59 Å². The van der Waals surface area contributed by atoms with Gasteiger partial charge in [-0.05, 0) is 18.2 Å². The van der Waals surface area contributed by atoms with Gasteiger partial charge >= 0.3 is 0 Å². The largest absolute Gasteiger partial charge is 0.399 e. The van der Waals surface area contributed by atoms with Gasteiger partial charge in [0.05, 0.1) is 10.3 Å². The zero-order valence-electron chi connectivity index (χ0n) is 8.20. The van der Waals surface area contributed by atoms with Crippen LogP contribution in [0.1, 0.15) is 6.42 Å². The molecule has 2 rings (SSSR count). The molecular formula is C10H9ClN2O2S. The Morgan fingerprint density at radius 2 is 2.19 bits per heavy atom.